The van der Waals surface area contributed by atoms with Gasteiger partial charge in [0.1, 0.15) is 5.82 Å². The average molecular weight is 299 g/mol. The van der Waals surface area contributed by atoms with E-state index in [0.717, 1.165) is 49.1 Å². The van der Waals surface area contributed by atoms with E-state index in [1.54, 1.807) is 6.20 Å². The van der Waals surface area contributed by atoms with Gasteiger partial charge in [0.15, 0.2) is 0 Å². The predicted octanol–water partition coefficient (Wildman–Crippen LogP) is 3.42. The summed E-state index contributed by atoms with van der Waals surface area (Å²) in [4.78, 5) is 15.8. The van der Waals surface area contributed by atoms with Crippen LogP contribution in [0.4, 0.5) is 11.8 Å². The predicted molar refractivity (Wildman–Crippen MR) is 91.1 cm³/mol. The molecule has 2 aromatic heterocycles. The van der Waals surface area contributed by atoms with Crippen LogP contribution in [0.25, 0.3) is 0 Å². The van der Waals surface area contributed by atoms with Crippen LogP contribution in [-0.4, -0.2) is 28.0 Å². The summed E-state index contributed by atoms with van der Waals surface area (Å²) < 4.78 is 0. The summed E-state index contributed by atoms with van der Waals surface area (Å²) in [5.41, 5.74) is 1.98. The summed E-state index contributed by atoms with van der Waals surface area (Å²) in [5.74, 6) is 1.66. The Morgan fingerprint density at radius 3 is 2.50 bits per heavy atom. The van der Waals surface area contributed by atoms with Crippen molar-refractivity contribution in [3.05, 3.63) is 41.9 Å². The lowest BCUT2D eigenvalue weighted by molar-refractivity contribution is 0.719. The Morgan fingerprint density at radius 1 is 1.09 bits per heavy atom. The molecule has 2 heterocycles. The fraction of sp³-hybridized carbons (Fsp3) is 0.471. The zero-order valence-electron chi connectivity index (χ0n) is 13.7. The Balaban J connectivity index is 2.11. The molecule has 0 saturated heterocycles. The molecule has 0 aromatic carbocycles. The number of anilines is 2. The Bertz CT molecular complexity index is 565. The molecule has 5 heteroatoms. The maximum Gasteiger partial charge on any atom is 0.227 e. The number of rotatable bonds is 8. The third-order valence-corrected chi connectivity index (χ3v) is 3.29. The molecule has 2 rings (SSSR count). The van der Waals surface area contributed by atoms with E-state index in [1.807, 2.05) is 31.2 Å². The minimum atomic E-state index is 0.665. The molecule has 1 N–H and O–H groups in total. The van der Waals surface area contributed by atoms with Crippen LogP contribution < -0.4 is 10.2 Å². The van der Waals surface area contributed by atoms with E-state index in [2.05, 4.69) is 39.0 Å². The highest BCUT2D eigenvalue weighted by Crippen LogP contribution is 2.15. The van der Waals surface area contributed by atoms with Crippen LogP contribution in [0, 0.1) is 6.92 Å². The molecular formula is C17H25N5. The van der Waals surface area contributed by atoms with E-state index in [-0.39, 0.29) is 0 Å². The molecule has 0 radical (unpaired) electrons. The van der Waals surface area contributed by atoms with Crippen molar-refractivity contribution in [1.82, 2.24) is 15.0 Å². The Morgan fingerprint density at radius 2 is 1.86 bits per heavy atom. The van der Waals surface area contributed by atoms with Gasteiger partial charge in [-0.25, -0.2) is 4.98 Å². The van der Waals surface area contributed by atoms with Crippen LogP contribution in [0.2, 0.25) is 0 Å². The summed E-state index contributed by atoms with van der Waals surface area (Å²) in [6.07, 6.45) is 3.99. The molecule has 0 aliphatic rings. The lowest BCUT2D eigenvalue weighted by Crippen LogP contribution is -2.27. The molecule has 5 nitrogen and oxygen atoms in total. The Kier molecular flexibility index (Phi) is 6.13. The number of hydrogen-bond acceptors (Lipinski definition) is 5. The average Bonchev–Trinajstić information content (AvgIpc) is 2.53. The van der Waals surface area contributed by atoms with E-state index in [0.29, 0.717) is 6.54 Å². The lowest BCUT2D eigenvalue weighted by atomic mass is 10.3. The molecule has 0 fully saturated rings. The molecule has 0 aliphatic carbocycles. The van der Waals surface area contributed by atoms with Crippen molar-refractivity contribution in [2.75, 3.05) is 23.3 Å². The van der Waals surface area contributed by atoms with Crippen LogP contribution in [0.3, 0.4) is 0 Å². The monoisotopic (exact) mass is 299 g/mol. The van der Waals surface area contributed by atoms with Gasteiger partial charge in [0.25, 0.3) is 0 Å². The standard InChI is InChI=1S/C17H25N5/c1-4-10-22(11-5-2)17-20-14(3)12-16(21-17)19-13-15-8-6-7-9-18-15/h6-9,12H,4-5,10-11,13H2,1-3H3,(H,19,20,21). The Labute approximate surface area is 132 Å². The van der Waals surface area contributed by atoms with Gasteiger partial charge in [0.2, 0.25) is 5.95 Å². The van der Waals surface area contributed by atoms with Crippen molar-refractivity contribution in [2.24, 2.45) is 0 Å². The largest absolute Gasteiger partial charge is 0.364 e. The number of aromatic nitrogens is 3. The van der Waals surface area contributed by atoms with Crippen LogP contribution in [0.5, 0.6) is 0 Å². The quantitative estimate of drug-likeness (QED) is 0.809. The molecule has 0 aliphatic heterocycles. The molecular weight excluding hydrogens is 274 g/mol. The lowest BCUT2D eigenvalue weighted by Gasteiger charge is -2.22. The smallest absolute Gasteiger partial charge is 0.227 e. The molecule has 118 valence electrons. The topological polar surface area (TPSA) is 53.9 Å². The fourth-order valence-corrected chi connectivity index (χ4v) is 2.32. The van der Waals surface area contributed by atoms with Gasteiger partial charge in [-0.15, -0.1) is 0 Å². The van der Waals surface area contributed by atoms with Gasteiger partial charge < -0.3 is 10.2 Å². The van der Waals surface area contributed by atoms with Crippen molar-refractivity contribution < 1.29 is 0 Å². The summed E-state index contributed by atoms with van der Waals surface area (Å²) in [7, 11) is 0. The summed E-state index contributed by atoms with van der Waals surface area (Å²) >= 11 is 0. The van der Waals surface area contributed by atoms with Gasteiger partial charge in [-0.05, 0) is 31.9 Å². The van der Waals surface area contributed by atoms with Gasteiger partial charge >= 0.3 is 0 Å². The summed E-state index contributed by atoms with van der Waals surface area (Å²) in [5, 5.41) is 3.34. The molecule has 0 amide bonds. The number of pyridine rings is 1. The minimum absolute atomic E-state index is 0.665. The second-order valence-electron chi connectivity index (χ2n) is 5.36. The van der Waals surface area contributed by atoms with Crippen molar-refractivity contribution >= 4 is 11.8 Å². The zero-order valence-corrected chi connectivity index (χ0v) is 13.7. The number of hydrogen-bond donors (Lipinski definition) is 1. The minimum Gasteiger partial charge on any atom is -0.364 e. The molecule has 2 aromatic rings. The van der Waals surface area contributed by atoms with Gasteiger partial charge in [-0.1, -0.05) is 19.9 Å². The molecule has 0 bridgehead atoms. The zero-order chi connectivity index (χ0) is 15.8. The maximum atomic E-state index is 4.66. The maximum absolute atomic E-state index is 4.66. The normalized spacial score (nSPS) is 10.5. The summed E-state index contributed by atoms with van der Waals surface area (Å²) in [6, 6.07) is 7.89. The summed E-state index contributed by atoms with van der Waals surface area (Å²) in [6.45, 7) is 9.00. The van der Waals surface area contributed by atoms with Crippen molar-refractivity contribution in [3.8, 4) is 0 Å². The van der Waals surface area contributed by atoms with Crippen LogP contribution >= 0.6 is 0 Å². The first-order valence-electron chi connectivity index (χ1n) is 7.97. The van der Waals surface area contributed by atoms with E-state index in [4.69, 9.17) is 0 Å². The van der Waals surface area contributed by atoms with Crippen molar-refractivity contribution in [1.29, 1.82) is 0 Å². The Hall–Kier alpha value is -2.17. The second-order valence-corrected chi connectivity index (χ2v) is 5.36. The highest BCUT2D eigenvalue weighted by Gasteiger charge is 2.10. The number of nitrogens with one attached hydrogen (secondary N) is 1. The second kappa shape index (κ2) is 8.32. The van der Waals surface area contributed by atoms with Crippen LogP contribution in [-0.2, 0) is 6.54 Å². The number of aryl methyl sites for hydroxylation is 1. The first kappa shape index (κ1) is 16.2. The highest BCUT2D eigenvalue weighted by molar-refractivity contribution is 5.43. The third kappa shape index (κ3) is 4.69. The van der Waals surface area contributed by atoms with E-state index >= 15 is 0 Å². The first-order valence-corrected chi connectivity index (χ1v) is 7.97. The van der Waals surface area contributed by atoms with Gasteiger partial charge in [-0.2, -0.15) is 4.98 Å². The molecule has 0 saturated carbocycles. The first-order chi connectivity index (χ1) is 10.7. The van der Waals surface area contributed by atoms with Crippen molar-refractivity contribution in [3.63, 3.8) is 0 Å². The molecule has 0 atom stereocenters. The number of nitrogens with zero attached hydrogens (tertiary/aromatic N) is 4. The van der Waals surface area contributed by atoms with E-state index in [9.17, 15) is 0 Å². The fourth-order valence-electron chi connectivity index (χ4n) is 2.32. The van der Waals surface area contributed by atoms with Crippen LogP contribution in [0.15, 0.2) is 30.5 Å². The molecule has 0 unspecified atom stereocenters. The van der Waals surface area contributed by atoms with Crippen molar-refractivity contribution in [2.45, 2.75) is 40.2 Å². The molecule has 22 heavy (non-hydrogen) atoms. The van der Waals surface area contributed by atoms with E-state index in [1.165, 1.54) is 0 Å². The van der Waals surface area contributed by atoms with Gasteiger partial charge in [0, 0.05) is 31.0 Å². The molecule has 0 spiro atoms. The van der Waals surface area contributed by atoms with Gasteiger partial charge in [-0.3, -0.25) is 4.98 Å². The third-order valence-electron chi connectivity index (χ3n) is 3.29. The van der Waals surface area contributed by atoms with E-state index < -0.39 is 0 Å². The highest BCUT2D eigenvalue weighted by atomic mass is 15.3. The van der Waals surface area contributed by atoms with Gasteiger partial charge in [0.05, 0.1) is 12.2 Å². The SMILES string of the molecule is CCCN(CCC)c1nc(C)cc(NCc2ccccn2)n1. The van der Waals surface area contributed by atoms with Crippen LogP contribution in [0.1, 0.15) is 38.1 Å².